The Balaban J connectivity index is 1.82. The van der Waals surface area contributed by atoms with Crippen LogP contribution in [-0.2, 0) is 10.0 Å². The number of fused-ring (bicyclic) bond motifs is 2. The Morgan fingerprint density at radius 1 is 1.07 bits per heavy atom. The van der Waals surface area contributed by atoms with Crippen molar-refractivity contribution in [2.45, 2.75) is 13.8 Å². The van der Waals surface area contributed by atoms with E-state index in [2.05, 4.69) is 19.7 Å². The van der Waals surface area contributed by atoms with Gasteiger partial charge in [0.2, 0.25) is 10.0 Å². The summed E-state index contributed by atoms with van der Waals surface area (Å²) in [7, 11) is -2.31. The number of hydrogen-bond acceptors (Lipinski definition) is 5. The molecule has 7 nitrogen and oxygen atoms in total. The molecule has 2 aromatic heterocycles. The van der Waals surface area contributed by atoms with Gasteiger partial charge in [-0.1, -0.05) is 31.9 Å². The third-order valence-electron chi connectivity index (χ3n) is 7.51. The molecule has 45 heavy (non-hydrogen) atoms. The molecule has 0 aliphatic heterocycles. The Morgan fingerprint density at radius 2 is 1.76 bits per heavy atom. The van der Waals surface area contributed by atoms with E-state index in [0.29, 0.717) is 67.0 Å². The van der Waals surface area contributed by atoms with E-state index < -0.39 is 21.7 Å². The molecular weight excluding hydrogens is 594 g/mol. The summed E-state index contributed by atoms with van der Waals surface area (Å²) < 4.78 is 63.3. The molecule has 10 heteroatoms. The van der Waals surface area contributed by atoms with E-state index in [1.807, 2.05) is 0 Å². The van der Waals surface area contributed by atoms with Crippen LogP contribution in [0.15, 0.2) is 101 Å². The minimum absolute atomic E-state index is 0.203. The van der Waals surface area contributed by atoms with Gasteiger partial charge in [-0.15, -0.1) is 0 Å². The molecule has 2 N–H and O–H groups in total. The molecule has 0 spiro atoms. The van der Waals surface area contributed by atoms with Gasteiger partial charge in [0.1, 0.15) is 23.0 Å². The van der Waals surface area contributed by atoms with Gasteiger partial charge in [-0.2, -0.15) is 0 Å². The molecule has 0 aliphatic carbocycles. The van der Waals surface area contributed by atoms with Gasteiger partial charge in [-0.25, -0.2) is 22.2 Å². The van der Waals surface area contributed by atoms with Crippen LogP contribution < -0.4 is 10.0 Å². The Kier molecular flexibility index (Phi) is 8.12. The summed E-state index contributed by atoms with van der Waals surface area (Å²) in [5, 5.41) is 0.941. The van der Waals surface area contributed by atoms with Crippen molar-refractivity contribution in [3.05, 3.63) is 121 Å². The highest BCUT2D eigenvalue weighted by atomic mass is 32.2. The molecule has 2 heterocycles. The van der Waals surface area contributed by atoms with Gasteiger partial charge in [0.15, 0.2) is 0 Å². The van der Waals surface area contributed by atoms with Gasteiger partial charge in [-0.05, 0) is 68.0 Å². The van der Waals surface area contributed by atoms with E-state index in [1.165, 1.54) is 25.2 Å². The van der Waals surface area contributed by atoms with E-state index in [-0.39, 0.29) is 11.4 Å². The second-order valence-electron chi connectivity index (χ2n) is 10.6. The van der Waals surface area contributed by atoms with Gasteiger partial charge in [-0.3, -0.25) is 4.31 Å². The fourth-order valence-electron chi connectivity index (χ4n) is 5.27. The number of halogens is 2. The minimum Gasteiger partial charge on any atom is -0.455 e. The summed E-state index contributed by atoms with van der Waals surface area (Å²) in [6.07, 6.45) is 4.40. The van der Waals surface area contributed by atoms with E-state index in [9.17, 15) is 17.2 Å². The van der Waals surface area contributed by atoms with Crippen molar-refractivity contribution in [2.24, 2.45) is 10.7 Å². The van der Waals surface area contributed by atoms with Crippen molar-refractivity contribution < 1.29 is 21.6 Å². The maximum atomic E-state index is 14.8. The molecule has 0 saturated heterocycles. The second kappa shape index (κ2) is 11.7. The summed E-state index contributed by atoms with van der Waals surface area (Å²) in [4.78, 5) is 4.99. The Labute approximate surface area is 260 Å². The number of nitrogens with two attached hydrogens (primary N) is 1. The van der Waals surface area contributed by atoms with Crippen molar-refractivity contribution in [1.29, 1.82) is 0 Å². The third kappa shape index (κ3) is 5.60. The van der Waals surface area contributed by atoms with E-state index in [4.69, 9.17) is 15.1 Å². The Bertz CT molecular complexity index is 2200. The molecule has 3 aromatic carbocycles. The van der Waals surface area contributed by atoms with Crippen LogP contribution in [0.2, 0.25) is 0 Å². The lowest BCUT2D eigenvalue weighted by Crippen LogP contribution is -2.25. The number of nitrogens with zero attached hydrogens (tertiary/aromatic N) is 3. The number of sulfonamides is 1. The maximum absolute atomic E-state index is 14.8. The number of anilines is 1. The predicted octanol–water partition coefficient (Wildman–Crippen LogP) is 8.18. The molecule has 230 valence electrons. The second-order valence-corrected chi connectivity index (χ2v) is 12.6. The third-order valence-corrected chi connectivity index (χ3v) is 8.70. The number of rotatable bonds is 9. The zero-order valence-electron chi connectivity index (χ0n) is 25.4. The van der Waals surface area contributed by atoms with Crippen molar-refractivity contribution in [2.75, 3.05) is 17.6 Å². The van der Waals surface area contributed by atoms with Crippen molar-refractivity contribution >= 4 is 60.9 Å². The van der Waals surface area contributed by atoms with E-state index >= 15 is 0 Å². The zero-order valence-corrected chi connectivity index (χ0v) is 26.2. The fraction of sp³-hybridized carbons (Fsp3) is 0.114. The number of aromatic nitrogens is 1. The van der Waals surface area contributed by atoms with Crippen LogP contribution in [0.4, 0.5) is 14.5 Å². The first-order valence-corrected chi connectivity index (χ1v) is 15.7. The highest BCUT2D eigenvalue weighted by Crippen LogP contribution is 2.42. The van der Waals surface area contributed by atoms with Crippen LogP contribution in [0.25, 0.3) is 50.8 Å². The summed E-state index contributed by atoms with van der Waals surface area (Å²) in [5.74, 6) is -0.451. The van der Waals surface area contributed by atoms with Crippen molar-refractivity contribution in [3.8, 4) is 11.3 Å². The summed E-state index contributed by atoms with van der Waals surface area (Å²) in [5.41, 5.74) is 11.2. The molecule has 5 aromatic rings. The van der Waals surface area contributed by atoms with Crippen LogP contribution in [0.1, 0.15) is 30.7 Å². The van der Waals surface area contributed by atoms with Gasteiger partial charge in [0.05, 0.1) is 40.1 Å². The number of allylic oxidation sites excluding steroid dienone is 2. The average Bonchev–Trinajstić information content (AvgIpc) is 3.55. The van der Waals surface area contributed by atoms with Crippen LogP contribution in [0.5, 0.6) is 0 Å². The maximum Gasteiger partial charge on any atom is 0.232 e. The van der Waals surface area contributed by atoms with E-state index in [0.717, 1.165) is 10.6 Å². The van der Waals surface area contributed by atoms with Crippen LogP contribution in [-0.4, -0.2) is 32.0 Å². The Hall–Kier alpha value is -5.22. The quantitative estimate of drug-likeness (QED) is 0.167. The zero-order chi connectivity index (χ0) is 32.8. The van der Waals surface area contributed by atoms with Gasteiger partial charge >= 0.3 is 0 Å². The number of aliphatic imine (C=N–C) groups is 1. The molecule has 0 bridgehead atoms. The summed E-state index contributed by atoms with van der Waals surface area (Å²) >= 11 is 0. The largest absolute Gasteiger partial charge is 0.455 e. The highest BCUT2D eigenvalue weighted by molar-refractivity contribution is 7.92. The normalized spacial score (nSPS) is 12.6. The molecule has 0 atom stereocenters. The molecule has 0 fully saturated rings. The van der Waals surface area contributed by atoms with Gasteiger partial charge in [0.25, 0.3) is 0 Å². The first kappa shape index (κ1) is 31.2. The molecular formula is C35H32F2N4O3S. The number of furan rings is 1. The molecule has 5 rings (SSSR count). The molecule has 0 unspecified atom stereocenters. The van der Waals surface area contributed by atoms with E-state index in [1.54, 1.807) is 73.2 Å². The van der Waals surface area contributed by atoms with Gasteiger partial charge in [0, 0.05) is 46.9 Å². The smallest absolute Gasteiger partial charge is 0.232 e. The first-order valence-electron chi connectivity index (χ1n) is 13.9. The molecule has 0 aliphatic rings. The van der Waals surface area contributed by atoms with Gasteiger partial charge < -0.3 is 14.7 Å². The summed E-state index contributed by atoms with van der Waals surface area (Å²) in [6, 6.07) is 15.5. The standard InChI is InChI=1S/C35H32F2N4O3S/c1-8-28(39-34(20(3)4)31-18-24-27(37)11-10-12-29(24)41(31)9-2)25-17-26-32(19-30(25)40(6)45(7,42)43)44-35(33(26)21(5)38)22-13-15-23(36)16-14-22/h8-19H,2-3,5,38H2,1,4,6-7H3/b28-8-,39-34?. The highest BCUT2D eigenvalue weighted by Gasteiger charge is 2.25. The van der Waals surface area contributed by atoms with Crippen LogP contribution in [0, 0.1) is 11.6 Å². The summed E-state index contributed by atoms with van der Waals surface area (Å²) in [6.45, 7) is 15.5. The number of benzene rings is 3. The topological polar surface area (TPSA) is 93.8 Å². The van der Waals surface area contributed by atoms with Crippen molar-refractivity contribution in [3.63, 3.8) is 0 Å². The number of hydrogen-bond donors (Lipinski definition) is 1. The lowest BCUT2D eigenvalue weighted by atomic mass is 10.00. The average molecular weight is 627 g/mol. The lowest BCUT2D eigenvalue weighted by Gasteiger charge is -2.21. The fourth-order valence-corrected chi connectivity index (χ4v) is 5.77. The lowest BCUT2D eigenvalue weighted by molar-refractivity contribution is 0.600. The first-order chi connectivity index (χ1) is 21.3. The molecule has 0 saturated carbocycles. The Morgan fingerprint density at radius 3 is 2.33 bits per heavy atom. The SMILES string of the molecule is C=Cn1c(C(=N/C(=C\C)c2cc3c(C(=C)N)c(-c4ccc(F)cc4)oc3cc2N(C)S(C)(=O)=O)C(=C)C)cc2c(F)cccc21. The minimum atomic E-state index is -3.74. The van der Waals surface area contributed by atoms with Crippen molar-refractivity contribution in [1.82, 2.24) is 4.57 Å². The molecule has 0 amide bonds. The monoisotopic (exact) mass is 626 g/mol. The molecule has 0 radical (unpaired) electrons. The van der Waals surface area contributed by atoms with Crippen LogP contribution >= 0.6 is 0 Å². The predicted molar refractivity (Wildman–Crippen MR) is 181 cm³/mol. The van der Waals surface area contributed by atoms with Crippen LogP contribution in [0.3, 0.4) is 0 Å².